The van der Waals surface area contributed by atoms with Crippen molar-refractivity contribution in [2.45, 2.75) is 25.9 Å². The number of halogens is 3. The van der Waals surface area contributed by atoms with E-state index >= 15 is 0 Å². The van der Waals surface area contributed by atoms with Gasteiger partial charge in [0.1, 0.15) is 6.04 Å². The van der Waals surface area contributed by atoms with Crippen LogP contribution in [0, 0.1) is 5.21 Å². The van der Waals surface area contributed by atoms with E-state index in [-0.39, 0.29) is 0 Å². The van der Waals surface area contributed by atoms with Crippen molar-refractivity contribution in [1.29, 1.82) is 0 Å². The van der Waals surface area contributed by atoms with Gasteiger partial charge in [-0.05, 0) is 11.4 Å². The first kappa shape index (κ1) is 10.2. The molecule has 0 aromatic heterocycles. The zero-order valence-electron chi connectivity index (χ0n) is 6.04. The van der Waals surface area contributed by atoms with Gasteiger partial charge in [0, 0.05) is 12.3 Å². The lowest BCUT2D eigenvalue weighted by Gasteiger charge is -2.14. The summed E-state index contributed by atoms with van der Waals surface area (Å²) in [5.41, 5.74) is 0. The van der Waals surface area contributed by atoms with Gasteiger partial charge in [0.05, 0.1) is 0 Å². The van der Waals surface area contributed by atoms with Crippen LogP contribution in [0.25, 0.3) is 0 Å². The van der Waals surface area contributed by atoms with Gasteiger partial charge in [-0.25, -0.2) is 0 Å². The fourth-order valence-electron chi connectivity index (χ4n) is 0.416. The summed E-state index contributed by atoms with van der Waals surface area (Å²) in [4.78, 5) is -0.406. The van der Waals surface area contributed by atoms with E-state index in [4.69, 9.17) is 0 Å². The highest BCUT2D eigenvalue weighted by atomic mass is 19.4. The Balaban J connectivity index is 4.13. The van der Waals surface area contributed by atoms with Crippen molar-refractivity contribution in [2.24, 2.45) is 5.34 Å². The summed E-state index contributed by atoms with van der Waals surface area (Å²) in [6, 6.07) is -2.57. The third-order valence-electron chi connectivity index (χ3n) is 1.43. The summed E-state index contributed by atoms with van der Waals surface area (Å²) in [6.07, 6.45) is 0. The quantitative estimate of drug-likeness (QED) is 0.280. The third kappa shape index (κ3) is 2.71. The Morgan fingerprint density at radius 1 is 1.45 bits per heavy atom. The largest absolute Gasteiger partial charge is 0.598 e. The van der Waals surface area contributed by atoms with E-state index in [9.17, 15) is 18.7 Å². The van der Waals surface area contributed by atoms with Gasteiger partial charge in [0.2, 0.25) is 6.04 Å². The predicted molar refractivity (Wildman–Crippen MR) is 30.1 cm³/mol. The summed E-state index contributed by atoms with van der Waals surface area (Å²) in [5, 5.41) is 10.8. The Kier molecular flexibility index (Phi) is 3.80. The van der Waals surface area contributed by atoms with Crippen molar-refractivity contribution in [1.82, 2.24) is 5.34 Å². The van der Waals surface area contributed by atoms with Crippen molar-refractivity contribution in [3.8, 4) is 0 Å². The molecule has 0 aliphatic carbocycles. The minimum Gasteiger partial charge on any atom is -0.598 e. The molecule has 66 valence electrons. The number of hydroxylamine groups is 1. The first-order valence-electron chi connectivity index (χ1n) is 2.89. The van der Waals surface area contributed by atoms with E-state index in [1.165, 1.54) is 0 Å². The van der Waals surface area contributed by atoms with Gasteiger partial charge in [0.15, 0.2) is 5.34 Å². The molecule has 0 heterocycles. The van der Waals surface area contributed by atoms with Crippen LogP contribution in [0.15, 0.2) is 5.34 Å². The highest BCUT2D eigenvalue weighted by molar-refractivity contribution is 4.60. The van der Waals surface area contributed by atoms with Crippen LogP contribution >= 0.6 is 0 Å². The number of hydrogen-bond donors (Lipinski definition) is 0. The molecule has 0 aromatic rings. The molecular formula is C4H8F3N3O. The maximum absolute atomic E-state index is 11.7. The smallest absolute Gasteiger partial charge is 0.210 e. The van der Waals surface area contributed by atoms with Crippen LogP contribution in [0.3, 0.4) is 0 Å². The second kappa shape index (κ2) is 4.12. The summed E-state index contributed by atoms with van der Waals surface area (Å²) >= 11 is 0. The minimum atomic E-state index is -1.35. The van der Waals surface area contributed by atoms with Gasteiger partial charge >= 0.3 is 0 Å². The molecule has 0 saturated carbocycles. The lowest BCUT2D eigenvalue weighted by atomic mass is 10.2. The highest BCUT2D eigenvalue weighted by Crippen LogP contribution is 2.08. The van der Waals surface area contributed by atoms with Gasteiger partial charge in [-0.3, -0.25) is 0 Å². The second-order valence-corrected chi connectivity index (χ2v) is 2.12. The minimum absolute atomic E-state index is 0.406. The summed E-state index contributed by atoms with van der Waals surface area (Å²) in [5.74, 6) is 0. The van der Waals surface area contributed by atoms with Gasteiger partial charge in [0.25, 0.3) is 0 Å². The molecule has 0 rings (SSSR count). The average Bonchev–Trinajstić information content (AvgIpc) is 2.00. The van der Waals surface area contributed by atoms with Gasteiger partial charge in [-0.1, -0.05) is 4.86 Å². The third-order valence-corrected chi connectivity index (χ3v) is 1.43. The molecular weight excluding hydrogens is 163 g/mol. The molecule has 0 bridgehead atoms. The number of hydrogen-bond acceptors (Lipinski definition) is 3. The van der Waals surface area contributed by atoms with E-state index < -0.39 is 22.3 Å². The zero-order chi connectivity index (χ0) is 9.02. The normalized spacial score (nSPS) is 18.5. The molecule has 0 aromatic carbocycles. The van der Waals surface area contributed by atoms with E-state index in [1.807, 2.05) is 0 Å². The van der Waals surface area contributed by atoms with Crippen LogP contribution in [0.4, 0.5) is 13.4 Å². The molecule has 0 N–H and O–H groups in total. The maximum atomic E-state index is 11.7. The lowest BCUT2D eigenvalue weighted by molar-refractivity contribution is -0.590. The number of nitrogens with zero attached hydrogens (tertiary/aromatic N) is 3. The number of rotatable bonds is 3. The van der Waals surface area contributed by atoms with Crippen LogP contribution in [0.2, 0.25) is 0 Å². The Morgan fingerprint density at radius 3 is 2.18 bits per heavy atom. The average molecular weight is 171 g/mol. The van der Waals surface area contributed by atoms with Crippen molar-refractivity contribution < 1.29 is 18.3 Å². The fraction of sp³-hybridized carbons (Fsp3) is 1.00. The van der Waals surface area contributed by atoms with Crippen LogP contribution in [0.5, 0.6) is 0 Å². The second-order valence-electron chi connectivity index (χ2n) is 2.12. The molecule has 0 aliphatic rings. The van der Waals surface area contributed by atoms with Crippen molar-refractivity contribution in [3.63, 3.8) is 0 Å². The molecule has 0 spiro atoms. The Hall–Kier alpha value is -0.850. The molecule has 2 unspecified atom stereocenters. The van der Waals surface area contributed by atoms with Crippen LogP contribution < -0.4 is 0 Å². The van der Waals surface area contributed by atoms with E-state index in [0.29, 0.717) is 0 Å². The molecule has 0 radical (unpaired) electrons. The van der Waals surface area contributed by atoms with Crippen molar-refractivity contribution in [2.75, 3.05) is 0 Å². The first-order chi connectivity index (χ1) is 5.00. The molecule has 0 saturated heterocycles. The molecule has 4 nitrogen and oxygen atoms in total. The molecule has 0 fully saturated rings. The predicted octanol–water partition coefficient (Wildman–Crippen LogP) is 1.68. The Bertz CT molecular complexity index is 152. The lowest BCUT2D eigenvalue weighted by Crippen LogP contribution is -2.35. The van der Waals surface area contributed by atoms with Crippen LogP contribution in [0.1, 0.15) is 13.8 Å². The first-order valence-corrected chi connectivity index (χ1v) is 2.89. The van der Waals surface area contributed by atoms with Gasteiger partial charge < -0.3 is 5.21 Å². The standard InChI is InChI=1S/C4H8F3N3O/c1-3(9(6)7)4(2)10(11)8-5/h3-4H,1-2H3. The zero-order valence-corrected chi connectivity index (χ0v) is 6.04. The molecule has 2 atom stereocenters. The monoisotopic (exact) mass is 171 g/mol. The van der Waals surface area contributed by atoms with Crippen LogP contribution in [-0.2, 0) is 0 Å². The molecule has 0 aliphatic heterocycles. The van der Waals surface area contributed by atoms with E-state index in [2.05, 4.69) is 0 Å². The molecule has 11 heavy (non-hydrogen) atoms. The van der Waals surface area contributed by atoms with Gasteiger partial charge in [-0.15, -0.1) is 8.96 Å². The highest BCUT2D eigenvalue weighted by Gasteiger charge is 2.27. The Labute approximate surface area is 61.3 Å². The van der Waals surface area contributed by atoms with E-state index in [1.54, 1.807) is 5.34 Å². The van der Waals surface area contributed by atoms with Crippen molar-refractivity contribution in [3.05, 3.63) is 5.21 Å². The van der Waals surface area contributed by atoms with Crippen molar-refractivity contribution >= 4 is 0 Å². The van der Waals surface area contributed by atoms with E-state index in [0.717, 1.165) is 13.8 Å². The molecule has 0 amide bonds. The van der Waals surface area contributed by atoms with Gasteiger partial charge in [-0.2, -0.15) is 0 Å². The summed E-state index contributed by atoms with van der Waals surface area (Å²) in [7, 11) is 0. The SMILES string of the molecule is CC(C(C)[N+]([O-])=NF)N(F)F. The summed E-state index contributed by atoms with van der Waals surface area (Å²) < 4.78 is 34.6. The summed E-state index contributed by atoms with van der Waals surface area (Å²) in [6.45, 7) is 2.23. The molecule has 7 heteroatoms. The topological polar surface area (TPSA) is 41.7 Å². The Morgan fingerprint density at radius 2 is 1.91 bits per heavy atom. The van der Waals surface area contributed by atoms with Crippen LogP contribution in [-0.4, -0.2) is 22.3 Å². The fourth-order valence-corrected chi connectivity index (χ4v) is 0.416. The maximum Gasteiger partial charge on any atom is 0.210 e.